The number of aromatic nitrogens is 3. The Morgan fingerprint density at radius 3 is 2.41 bits per heavy atom. The number of hydrogen-bond donors (Lipinski definition) is 2. The van der Waals surface area contributed by atoms with Gasteiger partial charge in [0.2, 0.25) is 11.1 Å². The van der Waals surface area contributed by atoms with Gasteiger partial charge < -0.3 is 10.1 Å². The lowest BCUT2D eigenvalue weighted by atomic mass is 10.2. The monoisotopic (exact) mass is 402 g/mol. The number of nitrogens with one attached hydrogen (secondary N) is 2. The van der Waals surface area contributed by atoms with Crippen LogP contribution in [0.1, 0.15) is 0 Å². The van der Waals surface area contributed by atoms with Crippen molar-refractivity contribution in [2.45, 2.75) is 5.16 Å². The molecule has 4 rings (SSSR count). The molecule has 0 aliphatic heterocycles. The summed E-state index contributed by atoms with van der Waals surface area (Å²) >= 11 is 1.27. The number of carbonyl (C=O) groups excluding carboxylic acids is 1. The predicted octanol–water partition coefficient (Wildman–Crippen LogP) is 4.99. The third-order valence-corrected chi connectivity index (χ3v) is 4.82. The number of thioether (sulfide) groups is 1. The van der Waals surface area contributed by atoms with E-state index in [1.807, 2.05) is 78.9 Å². The molecule has 29 heavy (non-hydrogen) atoms. The molecular formula is C22H18N4O2S. The van der Waals surface area contributed by atoms with E-state index in [9.17, 15) is 4.79 Å². The van der Waals surface area contributed by atoms with Gasteiger partial charge in [0.15, 0.2) is 11.6 Å². The number of benzene rings is 3. The maximum atomic E-state index is 12.4. The van der Waals surface area contributed by atoms with Gasteiger partial charge in [-0.1, -0.05) is 72.4 Å². The molecule has 0 bridgehead atoms. The van der Waals surface area contributed by atoms with Gasteiger partial charge >= 0.3 is 0 Å². The van der Waals surface area contributed by atoms with E-state index in [0.717, 1.165) is 5.56 Å². The summed E-state index contributed by atoms with van der Waals surface area (Å²) in [6, 6.07) is 26.5. The van der Waals surface area contributed by atoms with Gasteiger partial charge in [-0.25, -0.2) is 4.98 Å². The average molecular weight is 402 g/mol. The van der Waals surface area contributed by atoms with Crippen LogP contribution in [0, 0.1) is 0 Å². The fraction of sp³-hybridized carbons (Fsp3) is 0.0455. The van der Waals surface area contributed by atoms with Crippen LogP contribution in [0.2, 0.25) is 0 Å². The van der Waals surface area contributed by atoms with Crippen molar-refractivity contribution in [1.29, 1.82) is 0 Å². The van der Waals surface area contributed by atoms with E-state index < -0.39 is 0 Å². The second kappa shape index (κ2) is 9.07. The Bertz CT molecular complexity index is 1080. The number of anilines is 1. The highest BCUT2D eigenvalue weighted by atomic mass is 32.2. The topological polar surface area (TPSA) is 79.9 Å². The van der Waals surface area contributed by atoms with E-state index >= 15 is 0 Å². The van der Waals surface area contributed by atoms with Gasteiger partial charge in [-0.3, -0.25) is 9.89 Å². The fourth-order valence-corrected chi connectivity index (χ4v) is 3.23. The van der Waals surface area contributed by atoms with Crippen LogP contribution in [0.25, 0.3) is 11.4 Å². The highest BCUT2D eigenvalue weighted by Gasteiger charge is 2.11. The average Bonchev–Trinajstić information content (AvgIpc) is 3.24. The fourth-order valence-electron chi connectivity index (χ4n) is 2.63. The number of aromatic amines is 1. The number of nitrogens with zero attached hydrogens (tertiary/aromatic N) is 2. The van der Waals surface area contributed by atoms with E-state index in [-0.39, 0.29) is 11.7 Å². The molecule has 1 amide bonds. The summed E-state index contributed by atoms with van der Waals surface area (Å²) in [7, 11) is 0. The number of amides is 1. The van der Waals surface area contributed by atoms with Crippen molar-refractivity contribution in [3.05, 3.63) is 84.9 Å². The number of para-hydroxylation sites is 3. The Hall–Kier alpha value is -3.58. The SMILES string of the molecule is O=C(CSc1n[nH]c(-c2ccccc2)n1)Nc1ccccc1Oc1ccccc1. The molecule has 0 spiro atoms. The van der Waals surface area contributed by atoms with E-state index in [1.54, 1.807) is 6.07 Å². The molecule has 0 aliphatic carbocycles. The van der Waals surface area contributed by atoms with Gasteiger partial charge in [0.25, 0.3) is 0 Å². The summed E-state index contributed by atoms with van der Waals surface area (Å²) in [6.07, 6.45) is 0. The summed E-state index contributed by atoms with van der Waals surface area (Å²) in [5.74, 6) is 1.99. The highest BCUT2D eigenvalue weighted by Crippen LogP contribution is 2.29. The third kappa shape index (κ3) is 5.03. The Morgan fingerprint density at radius 1 is 0.931 bits per heavy atom. The summed E-state index contributed by atoms with van der Waals surface area (Å²) in [4.78, 5) is 16.8. The zero-order valence-corrected chi connectivity index (χ0v) is 16.2. The first-order valence-electron chi connectivity index (χ1n) is 9.00. The van der Waals surface area contributed by atoms with Crippen molar-refractivity contribution in [2.24, 2.45) is 0 Å². The molecular weight excluding hydrogens is 384 g/mol. The summed E-state index contributed by atoms with van der Waals surface area (Å²) < 4.78 is 5.87. The molecule has 0 saturated heterocycles. The lowest BCUT2D eigenvalue weighted by molar-refractivity contribution is -0.113. The van der Waals surface area contributed by atoms with Gasteiger partial charge in [0.05, 0.1) is 11.4 Å². The Labute approximate surface area is 172 Å². The summed E-state index contributed by atoms with van der Waals surface area (Å²) in [6.45, 7) is 0. The van der Waals surface area contributed by atoms with Crippen molar-refractivity contribution in [3.8, 4) is 22.9 Å². The number of rotatable bonds is 7. The summed E-state index contributed by atoms with van der Waals surface area (Å²) in [5, 5.41) is 10.5. The zero-order chi connectivity index (χ0) is 19.9. The first kappa shape index (κ1) is 18.8. The van der Waals surface area contributed by atoms with E-state index in [0.29, 0.717) is 28.2 Å². The van der Waals surface area contributed by atoms with Crippen LogP contribution in [0.3, 0.4) is 0 Å². The number of H-pyrrole nitrogens is 1. The Kier molecular flexibility index (Phi) is 5.87. The van der Waals surface area contributed by atoms with Crippen LogP contribution in [0.15, 0.2) is 90.1 Å². The molecule has 2 N–H and O–H groups in total. The number of carbonyl (C=O) groups is 1. The van der Waals surface area contributed by atoms with Crippen LogP contribution in [0.4, 0.5) is 5.69 Å². The zero-order valence-electron chi connectivity index (χ0n) is 15.4. The minimum Gasteiger partial charge on any atom is -0.455 e. The lowest BCUT2D eigenvalue weighted by Crippen LogP contribution is -2.14. The molecule has 7 heteroatoms. The summed E-state index contributed by atoms with van der Waals surface area (Å²) in [5.41, 5.74) is 1.56. The molecule has 0 atom stereocenters. The third-order valence-electron chi connectivity index (χ3n) is 3.98. The van der Waals surface area contributed by atoms with E-state index in [1.165, 1.54) is 11.8 Å². The number of ether oxygens (including phenoxy) is 1. The maximum Gasteiger partial charge on any atom is 0.234 e. The molecule has 1 heterocycles. The quantitative estimate of drug-likeness (QED) is 0.426. The first-order valence-corrected chi connectivity index (χ1v) is 9.99. The minimum atomic E-state index is -0.162. The van der Waals surface area contributed by atoms with Gasteiger partial charge in [-0.05, 0) is 24.3 Å². The van der Waals surface area contributed by atoms with Crippen molar-refractivity contribution in [1.82, 2.24) is 15.2 Å². The first-order chi connectivity index (χ1) is 14.3. The second-order valence-corrected chi connectivity index (χ2v) is 7.02. The van der Waals surface area contributed by atoms with Crippen molar-refractivity contribution in [3.63, 3.8) is 0 Å². The molecule has 0 radical (unpaired) electrons. The standard InChI is InChI=1S/C22H18N4O2S/c27-20(15-29-22-24-21(25-26-22)16-9-3-1-4-10-16)23-18-13-7-8-14-19(18)28-17-11-5-2-6-12-17/h1-14H,15H2,(H,23,27)(H,24,25,26). The van der Waals surface area contributed by atoms with Gasteiger partial charge in [-0.15, -0.1) is 5.10 Å². The van der Waals surface area contributed by atoms with Gasteiger partial charge in [-0.2, -0.15) is 0 Å². The van der Waals surface area contributed by atoms with Crippen molar-refractivity contribution >= 4 is 23.4 Å². The Morgan fingerprint density at radius 2 is 1.62 bits per heavy atom. The van der Waals surface area contributed by atoms with Crippen molar-refractivity contribution in [2.75, 3.05) is 11.1 Å². The predicted molar refractivity (Wildman–Crippen MR) is 114 cm³/mol. The van der Waals surface area contributed by atoms with Crippen LogP contribution < -0.4 is 10.1 Å². The smallest absolute Gasteiger partial charge is 0.234 e. The highest BCUT2D eigenvalue weighted by molar-refractivity contribution is 7.99. The molecule has 0 unspecified atom stereocenters. The number of hydrogen-bond acceptors (Lipinski definition) is 5. The molecule has 0 saturated carbocycles. The molecule has 144 valence electrons. The minimum absolute atomic E-state index is 0.162. The molecule has 0 fully saturated rings. The van der Waals surface area contributed by atoms with E-state index in [4.69, 9.17) is 4.74 Å². The molecule has 6 nitrogen and oxygen atoms in total. The maximum absolute atomic E-state index is 12.4. The molecule has 4 aromatic rings. The van der Waals surface area contributed by atoms with Crippen LogP contribution in [-0.4, -0.2) is 26.8 Å². The molecule has 1 aromatic heterocycles. The van der Waals surface area contributed by atoms with Crippen LogP contribution in [-0.2, 0) is 4.79 Å². The van der Waals surface area contributed by atoms with Crippen LogP contribution >= 0.6 is 11.8 Å². The van der Waals surface area contributed by atoms with Gasteiger partial charge in [0.1, 0.15) is 5.75 Å². The molecule has 3 aromatic carbocycles. The van der Waals surface area contributed by atoms with Crippen molar-refractivity contribution < 1.29 is 9.53 Å². The largest absolute Gasteiger partial charge is 0.455 e. The van der Waals surface area contributed by atoms with Crippen LogP contribution in [0.5, 0.6) is 11.5 Å². The second-order valence-electron chi connectivity index (χ2n) is 6.08. The van der Waals surface area contributed by atoms with Gasteiger partial charge in [0, 0.05) is 5.56 Å². The lowest BCUT2D eigenvalue weighted by Gasteiger charge is -2.11. The van der Waals surface area contributed by atoms with E-state index in [2.05, 4.69) is 20.5 Å². The normalized spacial score (nSPS) is 10.5. The Balaban J connectivity index is 1.36. The molecule has 0 aliphatic rings.